The lowest BCUT2D eigenvalue weighted by molar-refractivity contribution is -0.142. The Morgan fingerprint density at radius 2 is 1.74 bits per heavy atom. The Morgan fingerprint density at radius 3 is 2.39 bits per heavy atom. The summed E-state index contributed by atoms with van der Waals surface area (Å²) in [6.45, 7) is 0. The van der Waals surface area contributed by atoms with E-state index in [-0.39, 0.29) is 35.1 Å². The molecule has 0 unspecified atom stereocenters. The summed E-state index contributed by atoms with van der Waals surface area (Å²) >= 11 is 0. The first kappa shape index (κ1) is 25.6. The zero-order valence-corrected chi connectivity index (χ0v) is 20.0. The fraction of sp³-hybridized carbons (Fsp3) is 0.308. The number of aliphatic hydroxyl groups is 2. The molecule has 0 radical (unpaired) electrons. The maximum atomic E-state index is 14.0. The second-order valence-corrected chi connectivity index (χ2v) is 9.11. The summed E-state index contributed by atoms with van der Waals surface area (Å²) in [5.74, 6) is -0.862. The summed E-state index contributed by atoms with van der Waals surface area (Å²) in [5, 5.41) is 30.6. The van der Waals surface area contributed by atoms with Crippen molar-refractivity contribution in [1.29, 1.82) is 0 Å². The Labute approximate surface area is 214 Å². The topological polar surface area (TPSA) is 126 Å². The molecule has 2 aromatic heterocycles. The first-order chi connectivity index (χ1) is 18.2. The second-order valence-electron chi connectivity index (χ2n) is 9.11. The van der Waals surface area contributed by atoms with Gasteiger partial charge < -0.3 is 20.1 Å². The molecule has 1 aliphatic carbocycles. The number of aliphatic hydroxyl groups excluding tert-OH is 2. The molecular formula is C26H24F3N5O4. The molecule has 9 nitrogen and oxygen atoms in total. The van der Waals surface area contributed by atoms with Crippen LogP contribution in [0.1, 0.15) is 43.0 Å². The molecule has 5 rings (SSSR count). The van der Waals surface area contributed by atoms with E-state index in [1.165, 1.54) is 36.4 Å². The summed E-state index contributed by atoms with van der Waals surface area (Å²) in [6.07, 6.45) is -3.01. The van der Waals surface area contributed by atoms with E-state index in [0.29, 0.717) is 36.8 Å². The molecule has 0 aliphatic heterocycles. The van der Waals surface area contributed by atoms with Crippen LogP contribution in [0.4, 0.5) is 13.2 Å². The van der Waals surface area contributed by atoms with Crippen LogP contribution in [0, 0.1) is 0 Å². The summed E-state index contributed by atoms with van der Waals surface area (Å²) in [6, 6.07) is 13.9. The van der Waals surface area contributed by atoms with Crippen molar-refractivity contribution in [3.8, 4) is 28.5 Å². The van der Waals surface area contributed by atoms with Crippen molar-refractivity contribution in [3.05, 3.63) is 72.1 Å². The fourth-order valence-corrected chi connectivity index (χ4v) is 4.46. The summed E-state index contributed by atoms with van der Waals surface area (Å²) in [5.41, 5.74) is -0.434. The average molecular weight is 528 g/mol. The number of rotatable bonds is 6. The Morgan fingerprint density at radius 1 is 1.05 bits per heavy atom. The van der Waals surface area contributed by atoms with Gasteiger partial charge in [-0.3, -0.25) is 4.79 Å². The molecule has 4 aromatic rings. The van der Waals surface area contributed by atoms with E-state index in [9.17, 15) is 28.2 Å². The Hall–Kier alpha value is -4.03. The van der Waals surface area contributed by atoms with E-state index in [2.05, 4.69) is 20.6 Å². The van der Waals surface area contributed by atoms with Gasteiger partial charge >= 0.3 is 6.18 Å². The largest absolute Gasteiger partial charge is 0.434 e. The number of carbonyl (C=O) groups excluding carboxylic acids is 1. The average Bonchev–Trinajstić information content (AvgIpc) is 3.58. The number of hydrogen-bond acceptors (Lipinski definition) is 7. The highest BCUT2D eigenvalue weighted by atomic mass is 19.4. The predicted octanol–water partition coefficient (Wildman–Crippen LogP) is 4.06. The number of alkyl halides is 3. The van der Waals surface area contributed by atoms with Gasteiger partial charge in [0.1, 0.15) is 0 Å². The molecule has 2 aromatic carbocycles. The molecule has 1 atom stereocenters. The van der Waals surface area contributed by atoms with Crippen LogP contribution < -0.4 is 5.32 Å². The number of amides is 1. The zero-order chi connectivity index (χ0) is 26.9. The molecule has 0 bridgehead atoms. The number of halogens is 3. The van der Waals surface area contributed by atoms with Crippen molar-refractivity contribution in [2.45, 2.75) is 50.1 Å². The number of nitrogens with one attached hydrogen (secondary N) is 1. The van der Waals surface area contributed by atoms with Crippen molar-refractivity contribution in [2.75, 3.05) is 0 Å². The van der Waals surface area contributed by atoms with Gasteiger partial charge in [-0.05, 0) is 43.4 Å². The third-order valence-electron chi connectivity index (χ3n) is 6.47. The van der Waals surface area contributed by atoms with Crippen molar-refractivity contribution < 1.29 is 32.7 Å². The Kier molecular flexibility index (Phi) is 7.00. The highest BCUT2D eigenvalue weighted by molar-refractivity contribution is 5.82. The molecule has 1 saturated carbocycles. The SMILES string of the molecule is O=C(NC1CCC(O)CC1)[C@@H](O)c1ccc(-c2noc(-c3cnn(-c4ccccc4)c3C(F)(F)F)n2)cc1. The molecule has 1 aliphatic rings. The number of aromatic nitrogens is 4. The first-order valence-electron chi connectivity index (χ1n) is 12.0. The minimum Gasteiger partial charge on any atom is -0.393 e. The van der Waals surface area contributed by atoms with Crippen LogP contribution >= 0.6 is 0 Å². The smallest absolute Gasteiger partial charge is 0.393 e. The predicted molar refractivity (Wildman–Crippen MR) is 129 cm³/mol. The summed E-state index contributed by atoms with van der Waals surface area (Å²) in [7, 11) is 0. The maximum absolute atomic E-state index is 14.0. The quantitative estimate of drug-likeness (QED) is 0.345. The third kappa shape index (κ3) is 5.31. The number of benzene rings is 2. The molecular weight excluding hydrogens is 503 g/mol. The Balaban J connectivity index is 1.34. The van der Waals surface area contributed by atoms with Crippen LogP contribution in [0.3, 0.4) is 0 Å². The number of nitrogens with zero attached hydrogens (tertiary/aromatic N) is 4. The van der Waals surface area contributed by atoms with E-state index in [4.69, 9.17) is 4.52 Å². The van der Waals surface area contributed by atoms with E-state index < -0.39 is 23.9 Å². The van der Waals surface area contributed by atoms with Gasteiger partial charge in [-0.25, -0.2) is 4.68 Å². The summed E-state index contributed by atoms with van der Waals surface area (Å²) in [4.78, 5) is 16.6. The molecule has 0 saturated heterocycles. The molecule has 12 heteroatoms. The van der Waals surface area contributed by atoms with Crippen molar-refractivity contribution >= 4 is 5.91 Å². The standard InChI is InChI=1S/C26H24F3N5O4/c27-26(28,29)22-20(14-30-34(22)18-4-2-1-3-5-18)25-32-23(33-38-25)16-8-6-15(7-9-16)21(36)24(37)31-17-10-12-19(35)13-11-17/h1-9,14,17,19,21,35-36H,10-13H2,(H,31,37)/t17?,19?,21-/m0/s1. The van der Waals surface area contributed by atoms with Crippen LogP contribution in [-0.2, 0) is 11.0 Å². The van der Waals surface area contributed by atoms with Gasteiger partial charge in [0.2, 0.25) is 5.82 Å². The molecule has 1 amide bonds. The van der Waals surface area contributed by atoms with Crippen molar-refractivity contribution in [3.63, 3.8) is 0 Å². The lowest BCUT2D eigenvalue weighted by Gasteiger charge is -2.27. The molecule has 2 heterocycles. The number of hydrogen-bond donors (Lipinski definition) is 3. The maximum Gasteiger partial charge on any atom is 0.434 e. The first-order valence-corrected chi connectivity index (χ1v) is 12.0. The van der Waals surface area contributed by atoms with Crippen LogP contribution in [0.15, 0.2) is 65.3 Å². The highest BCUT2D eigenvalue weighted by Crippen LogP contribution is 2.38. The van der Waals surface area contributed by atoms with Gasteiger partial charge in [0.05, 0.1) is 23.6 Å². The Bertz CT molecular complexity index is 1390. The zero-order valence-electron chi connectivity index (χ0n) is 20.0. The molecule has 3 N–H and O–H groups in total. The van der Waals surface area contributed by atoms with Crippen LogP contribution in [0.5, 0.6) is 0 Å². The van der Waals surface area contributed by atoms with Gasteiger partial charge in [0, 0.05) is 11.6 Å². The fourth-order valence-electron chi connectivity index (χ4n) is 4.46. The third-order valence-corrected chi connectivity index (χ3v) is 6.47. The number of carbonyl (C=O) groups is 1. The normalized spacial score (nSPS) is 18.8. The summed E-state index contributed by atoms with van der Waals surface area (Å²) < 4.78 is 47.9. The van der Waals surface area contributed by atoms with E-state index in [1.807, 2.05) is 0 Å². The van der Waals surface area contributed by atoms with E-state index in [0.717, 1.165) is 10.9 Å². The molecule has 0 spiro atoms. The highest BCUT2D eigenvalue weighted by Gasteiger charge is 2.40. The van der Waals surface area contributed by atoms with Crippen LogP contribution in [-0.4, -0.2) is 48.2 Å². The van der Waals surface area contributed by atoms with Crippen LogP contribution in [0.2, 0.25) is 0 Å². The molecule has 38 heavy (non-hydrogen) atoms. The lowest BCUT2D eigenvalue weighted by atomic mass is 9.93. The van der Waals surface area contributed by atoms with Crippen LogP contribution in [0.25, 0.3) is 28.5 Å². The van der Waals surface area contributed by atoms with Gasteiger partial charge in [-0.2, -0.15) is 23.3 Å². The number of para-hydroxylation sites is 1. The molecule has 1 fully saturated rings. The van der Waals surface area contributed by atoms with Gasteiger partial charge in [0.15, 0.2) is 11.8 Å². The van der Waals surface area contributed by atoms with Gasteiger partial charge in [-0.15, -0.1) is 0 Å². The minimum atomic E-state index is -4.74. The monoisotopic (exact) mass is 527 g/mol. The molecule has 198 valence electrons. The van der Waals surface area contributed by atoms with Gasteiger partial charge in [-0.1, -0.05) is 47.6 Å². The lowest BCUT2D eigenvalue weighted by Crippen LogP contribution is -2.41. The minimum absolute atomic E-state index is 0.0341. The second kappa shape index (κ2) is 10.4. The van der Waals surface area contributed by atoms with Crippen molar-refractivity contribution in [2.24, 2.45) is 0 Å². The van der Waals surface area contributed by atoms with Gasteiger partial charge in [0.25, 0.3) is 11.8 Å². The van der Waals surface area contributed by atoms with E-state index in [1.54, 1.807) is 18.2 Å². The van der Waals surface area contributed by atoms with Crippen molar-refractivity contribution in [1.82, 2.24) is 25.2 Å². The van der Waals surface area contributed by atoms with E-state index >= 15 is 0 Å².